The van der Waals surface area contributed by atoms with E-state index in [0.717, 1.165) is 49.6 Å². The number of nitrogens with two attached hydrogens (primary N) is 1. The highest BCUT2D eigenvalue weighted by atomic mass is 35.5. The van der Waals surface area contributed by atoms with Crippen LogP contribution in [0.5, 0.6) is 0 Å². The Balaban J connectivity index is 0.000000191. The predicted octanol–water partition coefficient (Wildman–Crippen LogP) is 12.4. The molecule has 0 bridgehead atoms. The van der Waals surface area contributed by atoms with Crippen molar-refractivity contribution in [1.29, 1.82) is 0 Å². The summed E-state index contributed by atoms with van der Waals surface area (Å²) in [7, 11) is 0. The average Bonchev–Trinajstić information content (AvgIpc) is 3.32. The lowest BCUT2D eigenvalue weighted by molar-refractivity contribution is 0.0696. The number of aromatic carboxylic acids is 1. The minimum Gasteiger partial charge on any atom is -0.478 e. The van der Waals surface area contributed by atoms with Crippen LogP contribution in [0.4, 0.5) is 0 Å². The van der Waals surface area contributed by atoms with Crippen molar-refractivity contribution in [2.24, 2.45) is 5.84 Å². The number of carbonyl (C=O) groups excluding carboxylic acids is 3. The fourth-order valence-corrected chi connectivity index (χ4v) is 8.35. The molecule has 5 N–H and O–H groups in total. The lowest BCUT2D eigenvalue weighted by atomic mass is 10.0. The molecule has 6 aromatic carbocycles. The van der Waals surface area contributed by atoms with Crippen LogP contribution in [0.1, 0.15) is 74.8 Å². The number of nitrogens with zero attached hydrogens (tertiary/aromatic N) is 2. The minimum atomic E-state index is -1.17. The van der Waals surface area contributed by atoms with E-state index < -0.39 is 17.7 Å². The van der Waals surface area contributed by atoms with Gasteiger partial charge in [-0.1, -0.05) is 142 Å². The third-order valence-electron chi connectivity index (χ3n) is 9.91. The fraction of sp³-hybridized carbons (Fsp3) is 0.0566. The Morgan fingerprint density at radius 1 is 0.551 bits per heavy atom. The highest BCUT2D eigenvalue weighted by Crippen LogP contribution is 2.30. The number of fused-ring (bicyclic) bond motifs is 2. The number of para-hydroxylation sites is 2. The maximum atomic E-state index is 12.7. The zero-order chi connectivity index (χ0) is 49.8. The molecule has 0 fully saturated rings. The number of halogens is 6. The van der Waals surface area contributed by atoms with Crippen LogP contribution in [0.25, 0.3) is 21.8 Å². The predicted molar refractivity (Wildman–Crippen MR) is 276 cm³/mol. The molecule has 2 amide bonds. The van der Waals surface area contributed by atoms with Gasteiger partial charge < -0.3 is 10.4 Å². The number of hydrogen-bond acceptors (Lipinski definition) is 7. The summed E-state index contributed by atoms with van der Waals surface area (Å²) in [5, 5.41) is 14.3. The zero-order valence-corrected chi connectivity index (χ0v) is 40.8. The van der Waals surface area contributed by atoms with Crippen LogP contribution >= 0.6 is 69.6 Å². The molecule has 0 saturated carbocycles. The monoisotopic (exact) mass is 1030 g/mol. The largest absolute Gasteiger partial charge is 0.478 e. The lowest BCUT2D eigenvalue weighted by Crippen LogP contribution is -2.30. The molecule has 0 spiro atoms. The summed E-state index contributed by atoms with van der Waals surface area (Å²) in [5.74, 6) is 15.3. The SMILES string of the molecule is Cc1ccc(C(=O)NCC(=O)c2c(Cl)cc(Cl)cc2Cl)cc1C#Cc1cnc2ccccc2c1.Cc1ccc(C(=O)NN)cc1C#Cc1cnc2ccccc2c1.O=C(O)c1c(Cl)cc(Cl)cc1Cl. The van der Waals surface area contributed by atoms with Crippen LogP contribution in [0, 0.1) is 37.5 Å². The lowest BCUT2D eigenvalue weighted by Gasteiger charge is -2.09. The molecule has 10 nitrogen and oxygen atoms in total. The molecule has 0 radical (unpaired) electrons. The van der Waals surface area contributed by atoms with Gasteiger partial charge in [0.05, 0.1) is 48.8 Å². The van der Waals surface area contributed by atoms with Gasteiger partial charge >= 0.3 is 5.97 Å². The highest BCUT2D eigenvalue weighted by Gasteiger charge is 2.18. The summed E-state index contributed by atoms with van der Waals surface area (Å²) in [6, 6.07) is 35.7. The van der Waals surface area contributed by atoms with Gasteiger partial charge in [-0.25, -0.2) is 10.6 Å². The Labute approximate surface area is 426 Å². The minimum absolute atomic E-state index is 0.0417. The van der Waals surface area contributed by atoms with E-state index in [1.807, 2.05) is 86.6 Å². The molecule has 2 heterocycles. The zero-order valence-electron chi connectivity index (χ0n) is 36.2. The second-order valence-corrected chi connectivity index (χ2v) is 17.3. The van der Waals surface area contributed by atoms with Crippen molar-refractivity contribution < 1.29 is 24.3 Å². The van der Waals surface area contributed by atoms with E-state index in [1.54, 1.807) is 36.7 Å². The van der Waals surface area contributed by atoms with E-state index in [9.17, 15) is 19.2 Å². The van der Waals surface area contributed by atoms with Gasteiger partial charge in [0, 0.05) is 66.6 Å². The fourth-order valence-electron chi connectivity index (χ4n) is 6.34. The van der Waals surface area contributed by atoms with Crippen LogP contribution in [0.15, 0.2) is 134 Å². The number of rotatable bonds is 6. The van der Waals surface area contributed by atoms with Crippen molar-refractivity contribution >= 4 is 115 Å². The van der Waals surface area contributed by atoms with Crippen molar-refractivity contribution in [1.82, 2.24) is 20.7 Å². The maximum Gasteiger partial charge on any atom is 0.338 e. The Kier molecular flexibility index (Phi) is 17.8. The van der Waals surface area contributed by atoms with Crippen molar-refractivity contribution in [3.8, 4) is 23.7 Å². The normalized spacial score (nSPS) is 10.2. The van der Waals surface area contributed by atoms with Crippen molar-refractivity contribution in [3.05, 3.63) is 219 Å². The average molecular weight is 1030 g/mol. The van der Waals surface area contributed by atoms with Crippen LogP contribution in [0.2, 0.25) is 30.1 Å². The molecular weight excluding hydrogens is 999 g/mol. The van der Waals surface area contributed by atoms with Gasteiger partial charge in [-0.05, 0) is 97.8 Å². The van der Waals surface area contributed by atoms with E-state index in [1.165, 1.54) is 24.3 Å². The van der Waals surface area contributed by atoms with Crippen LogP contribution in [0.3, 0.4) is 0 Å². The summed E-state index contributed by atoms with van der Waals surface area (Å²) in [6.45, 7) is 3.60. The number of hydrogen-bond donors (Lipinski definition) is 4. The number of aromatic nitrogens is 2. The van der Waals surface area contributed by atoms with Gasteiger partial charge in [0.15, 0.2) is 5.78 Å². The van der Waals surface area contributed by atoms with E-state index in [4.69, 9.17) is 80.6 Å². The molecule has 0 aliphatic carbocycles. The first kappa shape index (κ1) is 51.4. The van der Waals surface area contributed by atoms with E-state index in [2.05, 4.69) is 44.4 Å². The topological polar surface area (TPSA) is 164 Å². The van der Waals surface area contributed by atoms with Crippen LogP contribution in [-0.2, 0) is 0 Å². The second-order valence-electron chi connectivity index (χ2n) is 14.8. The number of hydrazine groups is 1. The third kappa shape index (κ3) is 13.8. The molecule has 0 aliphatic heterocycles. The molecule has 0 saturated heterocycles. The first-order valence-electron chi connectivity index (χ1n) is 20.3. The molecule has 0 aliphatic rings. The number of amides is 2. The number of nitrogen functional groups attached to an aromatic ring is 1. The van der Waals surface area contributed by atoms with Crippen molar-refractivity contribution in [2.45, 2.75) is 13.8 Å². The molecule has 0 atom stereocenters. The number of benzene rings is 6. The Bertz CT molecular complexity index is 3410. The summed E-state index contributed by atoms with van der Waals surface area (Å²) >= 11 is 34.8. The summed E-state index contributed by atoms with van der Waals surface area (Å²) in [6.07, 6.45) is 3.47. The van der Waals surface area contributed by atoms with Crippen molar-refractivity contribution in [2.75, 3.05) is 6.54 Å². The van der Waals surface area contributed by atoms with Gasteiger partial charge in [-0.3, -0.25) is 29.8 Å². The Hall–Kier alpha value is -6.96. The Morgan fingerprint density at radius 2 is 0.971 bits per heavy atom. The first-order chi connectivity index (χ1) is 33.0. The van der Waals surface area contributed by atoms with Gasteiger partial charge in [0.25, 0.3) is 11.8 Å². The number of Topliss-reactive ketones (excluding diaryl/α,β-unsaturated/α-hetero) is 1. The van der Waals surface area contributed by atoms with E-state index in [0.29, 0.717) is 26.7 Å². The standard InChI is InChI=1S/C27H17Cl3N2O2.C19H15N3O.C7H3Cl3O2/c1-16-6-8-20(27(34)32-15-25(33)26-22(29)12-21(28)13-23(26)30)11-18(16)9-7-17-10-19-4-2-3-5-24(19)31-14-17;1-13-6-8-17(19(23)22-20)11-15(13)9-7-14-10-16-4-2-3-5-18(16)21-12-14;8-3-1-4(9)6(7(11)12)5(10)2-3/h2-6,8,10-14H,15H2,1H3,(H,32,34);2-6,8,10-12H,20H2,1H3,(H,22,23);1-2H,(H,11,12). The van der Waals surface area contributed by atoms with Crippen LogP contribution in [-0.4, -0.2) is 45.2 Å². The Morgan fingerprint density at radius 3 is 1.41 bits per heavy atom. The molecule has 8 aromatic rings. The molecule has 69 heavy (non-hydrogen) atoms. The van der Waals surface area contributed by atoms with Gasteiger partial charge in [-0.15, -0.1) is 0 Å². The van der Waals surface area contributed by atoms with Gasteiger partial charge in [-0.2, -0.15) is 0 Å². The number of carboxylic acid groups (broad SMARTS) is 1. The van der Waals surface area contributed by atoms with E-state index >= 15 is 0 Å². The smallest absolute Gasteiger partial charge is 0.338 e. The molecule has 0 unspecified atom stereocenters. The summed E-state index contributed by atoms with van der Waals surface area (Å²) in [5.41, 5.74) is 9.85. The molecule has 8 rings (SSSR count). The highest BCUT2D eigenvalue weighted by molar-refractivity contribution is 6.43. The number of aryl methyl sites for hydroxylation is 2. The quantitative estimate of drug-likeness (QED) is 0.0420. The molecule has 2 aromatic heterocycles. The molecule has 344 valence electrons. The third-order valence-corrected chi connectivity index (χ3v) is 11.5. The number of carbonyl (C=O) groups is 4. The number of pyridine rings is 2. The van der Waals surface area contributed by atoms with Gasteiger partial charge in [0.2, 0.25) is 0 Å². The number of carboxylic acids is 1. The summed E-state index contributed by atoms with van der Waals surface area (Å²) in [4.78, 5) is 56.2. The first-order valence-corrected chi connectivity index (χ1v) is 22.6. The summed E-state index contributed by atoms with van der Waals surface area (Å²) < 4.78 is 0. The van der Waals surface area contributed by atoms with E-state index in [-0.39, 0.29) is 43.7 Å². The van der Waals surface area contributed by atoms with Crippen LogP contribution < -0.4 is 16.6 Å². The molecular formula is C53H35Cl6N5O5. The van der Waals surface area contributed by atoms with Crippen molar-refractivity contribution in [3.63, 3.8) is 0 Å². The van der Waals surface area contributed by atoms with Gasteiger partial charge in [0.1, 0.15) is 0 Å². The number of nitrogens with one attached hydrogen (secondary N) is 2. The number of ketones is 1. The molecule has 16 heteroatoms. The second kappa shape index (κ2) is 23.9. The maximum absolute atomic E-state index is 12.7.